The second-order valence-electron chi connectivity index (χ2n) is 4.78. The van der Waals surface area contributed by atoms with Gasteiger partial charge in [-0.05, 0) is 25.7 Å². The van der Waals surface area contributed by atoms with Gasteiger partial charge in [0.05, 0.1) is 6.61 Å². The number of ether oxygens (including phenoxy) is 1. The molecule has 0 heterocycles. The van der Waals surface area contributed by atoms with Gasteiger partial charge in [-0.1, -0.05) is 20.3 Å². The van der Waals surface area contributed by atoms with Crippen LogP contribution in [0.5, 0.6) is 0 Å². The molecule has 0 radical (unpaired) electrons. The van der Waals surface area contributed by atoms with Gasteiger partial charge in [-0.3, -0.25) is 9.59 Å². The molecule has 1 rings (SSSR count). The number of amides is 1. The molecule has 0 N–H and O–H groups in total. The molecule has 1 unspecified atom stereocenters. The van der Waals surface area contributed by atoms with Gasteiger partial charge in [0, 0.05) is 12.5 Å². The van der Waals surface area contributed by atoms with E-state index in [4.69, 9.17) is 4.74 Å². The van der Waals surface area contributed by atoms with E-state index < -0.39 is 0 Å². The van der Waals surface area contributed by atoms with Crippen LogP contribution in [0, 0.1) is 5.92 Å². The number of carbonyl (C=O) groups excluding carboxylic acids is 2. The van der Waals surface area contributed by atoms with Crippen molar-refractivity contribution in [2.75, 3.05) is 13.2 Å². The van der Waals surface area contributed by atoms with Crippen LogP contribution in [0.4, 0.5) is 0 Å². The molecule has 0 aromatic carbocycles. The maximum absolute atomic E-state index is 12.1. The Balaban J connectivity index is 2.47. The van der Waals surface area contributed by atoms with Crippen molar-refractivity contribution in [1.82, 2.24) is 4.90 Å². The highest BCUT2D eigenvalue weighted by Crippen LogP contribution is 2.28. The summed E-state index contributed by atoms with van der Waals surface area (Å²) in [5.74, 6) is 0.178. The molecule has 1 amide bonds. The SMILES string of the molecule is CCOC(=O)CN(C(=O)CC(C)CC)C1CC1. The summed E-state index contributed by atoms with van der Waals surface area (Å²) in [4.78, 5) is 25.2. The van der Waals surface area contributed by atoms with E-state index in [-0.39, 0.29) is 24.5 Å². The smallest absolute Gasteiger partial charge is 0.325 e. The lowest BCUT2D eigenvalue weighted by Gasteiger charge is -2.22. The second kappa shape index (κ2) is 6.62. The Morgan fingerprint density at radius 3 is 2.47 bits per heavy atom. The molecule has 0 aromatic heterocycles. The van der Waals surface area contributed by atoms with Crippen LogP contribution >= 0.6 is 0 Å². The number of rotatable bonds is 7. The van der Waals surface area contributed by atoms with Crippen molar-refractivity contribution >= 4 is 11.9 Å². The predicted octanol–water partition coefficient (Wildman–Crippen LogP) is 1.98. The minimum atomic E-state index is -0.295. The van der Waals surface area contributed by atoms with Crippen molar-refractivity contribution in [3.63, 3.8) is 0 Å². The maximum Gasteiger partial charge on any atom is 0.325 e. The topological polar surface area (TPSA) is 46.6 Å². The quantitative estimate of drug-likeness (QED) is 0.640. The average Bonchev–Trinajstić information content (AvgIpc) is 3.09. The predicted molar refractivity (Wildman–Crippen MR) is 65.4 cm³/mol. The van der Waals surface area contributed by atoms with Gasteiger partial charge in [-0.15, -0.1) is 0 Å². The van der Waals surface area contributed by atoms with Crippen LogP contribution in [0.3, 0.4) is 0 Å². The van der Waals surface area contributed by atoms with Crippen LogP contribution in [0.25, 0.3) is 0 Å². The normalized spacial score (nSPS) is 16.4. The monoisotopic (exact) mass is 241 g/mol. The van der Waals surface area contributed by atoms with Crippen molar-refractivity contribution in [3.05, 3.63) is 0 Å². The third-order valence-electron chi connectivity index (χ3n) is 3.13. The first-order valence-corrected chi connectivity index (χ1v) is 6.53. The molecule has 0 aromatic rings. The largest absolute Gasteiger partial charge is 0.465 e. The molecule has 17 heavy (non-hydrogen) atoms. The maximum atomic E-state index is 12.1. The zero-order valence-electron chi connectivity index (χ0n) is 11.1. The summed E-state index contributed by atoms with van der Waals surface area (Å²) >= 11 is 0. The third-order valence-corrected chi connectivity index (χ3v) is 3.13. The fourth-order valence-corrected chi connectivity index (χ4v) is 1.71. The fraction of sp³-hybridized carbons (Fsp3) is 0.846. The van der Waals surface area contributed by atoms with Gasteiger partial charge >= 0.3 is 5.97 Å². The molecule has 1 aliphatic carbocycles. The van der Waals surface area contributed by atoms with Crippen LogP contribution in [0.2, 0.25) is 0 Å². The van der Waals surface area contributed by atoms with Crippen LogP contribution in [-0.2, 0) is 14.3 Å². The van der Waals surface area contributed by atoms with E-state index in [1.807, 2.05) is 0 Å². The van der Waals surface area contributed by atoms with Crippen LogP contribution in [0.15, 0.2) is 0 Å². The molecule has 98 valence electrons. The molecule has 0 spiro atoms. The molecule has 0 aliphatic heterocycles. The number of esters is 1. The van der Waals surface area contributed by atoms with Gasteiger partial charge in [0.1, 0.15) is 6.54 Å². The highest BCUT2D eigenvalue weighted by molar-refractivity contribution is 5.82. The summed E-state index contributed by atoms with van der Waals surface area (Å²) in [5.41, 5.74) is 0. The highest BCUT2D eigenvalue weighted by atomic mass is 16.5. The van der Waals surface area contributed by atoms with E-state index in [2.05, 4.69) is 13.8 Å². The molecular formula is C13H23NO3. The van der Waals surface area contributed by atoms with Crippen molar-refractivity contribution in [3.8, 4) is 0 Å². The van der Waals surface area contributed by atoms with E-state index in [0.717, 1.165) is 19.3 Å². The highest BCUT2D eigenvalue weighted by Gasteiger charge is 2.34. The van der Waals surface area contributed by atoms with Gasteiger partial charge in [-0.25, -0.2) is 0 Å². The Morgan fingerprint density at radius 1 is 1.35 bits per heavy atom. The molecule has 1 saturated carbocycles. The van der Waals surface area contributed by atoms with Crippen LogP contribution in [0.1, 0.15) is 46.5 Å². The minimum Gasteiger partial charge on any atom is -0.465 e. The summed E-state index contributed by atoms with van der Waals surface area (Å²) < 4.78 is 4.90. The second-order valence-corrected chi connectivity index (χ2v) is 4.78. The zero-order chi connectivity index (χ0) is 12.8. The summed E-state index contributed by atoms with van der Waals surface area (Å²) in [7, 11) is 0. The first-order chi connectivity index (χ1) is 8.08. The Labute approximate surface area is 103 Å². The molecule has 0 saturated heterocycles. The summed E-state index contributed by atoms with van der Waals surface area (Å²) in [5, 5.41) is 0. The number of carbonyl (C=O) groups is 2. The first kappa shape index (κ1) is 14.0. The lowest BCUT2D eigenvalue weighted by atomic mass is 10.0. The molecule has 1 fully saturated rings. The molecule has 0 bridgehead atoms. The van der Waals surface area contributed by atoms with Crippen molar-refractivity contribution in [1.29, 1.82) is 0 Å². The molecule has 4 heteroatoms. The first-order valence-electron chi connectivity index (χ1n) is 6.53. The number of hydrogen-bond acceptors (Lipinski definition) is 3. The van der Waals surface area contributed by atoms with Crippen LogP contribution < -0.4 is 0 Å². The molecule has 4 nitrogen and oxygen atoms in total. The van der Waals surface area contributed by atoms with Gasteiger partial charge in [-0.2, -0.15) is 0 Å². The van der Waals surface area contributed by atoms with Crippen molar-refractivity contribution in [2.45, 2.75) is 52.5 Å². The molecule has 1 atom stereocenters. The molecule has 1 aliphatic rings. The van der Waals surface area contributed by atoms with E-state index in [0.29, 0.717) is 18.9 Å². The summed E-state index contributed by atoms with van der Waals surface area (Å²) in [6.45, 7) is 6.41. The van der Waals surface area contributed by atoms with Crippen molar-refractivity contribution < 1.29 is 14.3 Å². The minimum absolute atomic E-state index is 0.0925. The van der Waals surface area contributed by atoms with E-state index in [9.17, 15) is 9.59 Å². The Kier molecular flexibility index (Phi) is 5.45. The van der Waals surface area contributed by atoms with E-state index >= 15 is 0 Å². The van der Waals surface area contributed by atoms with Gasteiger partial charge < -0.3 is 9.64 Å². The molecular weight excluding hydrogens is 218 g/mol. The Bertz CT molecular complexity index is 274. The van der Waals surface area contributed by atoms with Crippen molar-refractivity contribution in [2.24, 2.45) is 5.92 Å². The number of nitrogens with zero attached hydrogens (tertiary/aromatic N) is 1. The zero-order valence-corrected chi connectivity index (χ0v) is 11.1. The van der Waals surface area contributed by atoms with Crippen LogP contribution in [-0.4, -0.2) is 36.0 Å². The van der Waals surface area contributed by atoms with Gasteiger partial charge in [0.2, 0.25) is 5.91 Å². The lowest BCUT2D eigenvalue weighted by molar-refractivity contribution is -0.149. The van der Waals surface area contributed by atoms with E-state index in [1.54, 1.807) is 11.8 Å². The summed E-state index contributed by atoms with van der Waals surface area (Å²) in [6, 6.07) is 0.274. The third kappa shape index (κ3) is 4.75. The number of hydrogen-bond donors (Lipinski definition) is 0. The lowest BCUT2D eigenvalue weighted by Crippen LogP contribution is -2.38. The van der Waals surface area contributed by atoms with Gasteiger partial charge in [0.25, 0.3) is 0 Å². The summed E-state index contributed by atoms with van der Waals surface area (Å²) in [6.07, 6.45) is 3.56. The van der Waals surface area contributed by atoms with E-state index in [1.165, 1.54) is 0 Å². The Hall–Kier alpha value is -1.06. The standard InChI is InChI=1S/C13H23NO3/c1-4-10(3)8-12(15)14(11-6-7-11)9-13(16)17-5-2/h10-11H,4-9H2,1-3H3. The average molecular weight is 241 g/mol. The Morgan fingerprint density at radius 2 is 2.00 bits per heavy atom. The van der Waals surface area contributed by atoms with Gasteiger partial charge in [0.15, 0.2) is 0 Å². The fourth-order valence-electron chi connectivity index (χ4n) is 1.71.